The third-order valence-electron chi connectivity index (χ3n) is 1.82. The maximum atomic E-state index is 10.6. The number of benzene rings is 1. The van der Waals surface area contributed by atoms with Gasteiger partial charge in [0.25, 0.3) is 0 Å². The monoisotopic (exact) mass is 303 g/mol. The van der Waals surface area contributed by atoms with Crippen LogP contribution in [0.5, 0.6) is 5.75 Å². The lowest BCUT2D eigenvalue weighted by Crippen LogP contribution is -2.19. The number of rotatable bonds is 3. The number of carbonyl (C=O) groups excluding carboxylic acids is 1. The number of hydrogen-bond donors (Lipinski definition) is 2. The van der Waals surface area contributed by atoms with Gasteiger partial charge in [-0.1, -0.05) is 23.8 Å². The molecule has 0 saturated carbocycles. The maximum Gasteiger partial charge on any atom is 0.217 e. The van der Waals surface area contributed by atoms with E-state index >= 15 is 0 Å². The van der Waals surface area contributed by atoms with E-state index in [0.29, 0.717) is 21.6 Å². The second-order valence-corrected chi connectivity index (χ2v) is 4.46. The summed E-state index contributed by atoms with van der Waals surface area (Å²) in [5, 5.41) is 12.8. The molecule has 1 rings (SSSR count). The summed E-state index contributed by atoms with van der Waals surface area (Å²) in [4.78, 5) is 10.6. The highest BCUT2D eigenvalue weighted by molar-refractivity contribution is 9.10. The minimum Gasteiger partial charge on any atom is -0.506 e. The number of amides is 1. The van der Waals surface area contributed by atoms with Crippen LogP contribution in [0.15, 0.2) is 22.7 Å². The van der Waals surface area contributed by atoms with Crippen molar-refractivity contribution in [2.75, 3.05) is 6.54 Å². The van der Waals surface area contributed by atoms with Crippen LogP contribution in [0, 0.1) is 0 Å². The number of carbonyl (C=O) groups is 1. The molecule has 1 aromatic carbocycles. The lowest BCUT2D eigenvalue weighted by molar-refractivity contribution is -0.118. The highest BCUT2D eigenvalue weighted by Gasteiger charge is 2.04. The van der Waals surface area contributed by atoms with Gasteiger partial charge in [0.05, 0.1) is 4.47 Å². The molecule has 86 valence electrons. The summed E-state index contributed by atoms with van der Waals surface area (Å²) in [5.41, 5.74) is 0.602. The largest absolute Gasteiger partial charge is 0.506 e. The minimum absolute atomic E-state index is 0.0962. The van der Waals surface area contributed by atoms with E-state index in [1.807, 2.05) is 0 Å². The van der Waals surface area contributed by atoms with Gasteiger partial charge in [-0.2, -0.15) is 0 Å². The fourth-order valence-electron chi connectivity index (χ4n) is 1.10. The Hall–Kier alpha value is -1.00. The van der Waals surface area contributed by atoms with E-state index in [0.717, 1.165) is 0 Å². The molecule has 1 aromatic rings. The molecule has 0 heterocycles. The zero-order valence-electron chi connectivity index (χ0n) is 8.63. The quantitative estimate of drug-likeness (QED) is 0.902. The van der Waals surface area contributed by atoms with Crippen molar-refractivity contribution in [3.05, 3.63) is 33.3 Å². The SMILES string of the molecule is CC(=O)NCC=Cc1cc(Cl)cc(Br)c1O. The molecule has 0 radical (unpaired) electrons. The first kappa shape index (κ1) is 13.1. The molecule has 0 aliphatic heterocycles. The van der Waals surface area contributed by atoms with Crippen LogP contribution in [0.3, 0.4) is 0 Å². The van der Waals surface area contributed by atoms with E-state index in [4.69, 9.17) is 11.6 Å². The molecular weight excluding hydrogens is 293 g/mol. The van der Waals surface area contributed by atoms with Crippen molar-refractivity contribution in [1.29, 1.82) is 0 Å². The Morgan fingerprint density at radius 2 is 2.31 bits per heavy atom. The first-order valence-electron chi connectivity index (χ1n) is 4.59. The Morgan fingerprint density at radius 1 is 1.62 bits per heavy atom. The first-order chi connectivity index (χ1) is 7.50. The molecule has 16 heavy (non-hydrogen) atoms. The zero-order chi connectivity index (χ0) is 12.1. The molecule has 3 nitrogen and oxygen atoms in total. The van der Waals surface area contributed by atoms with Crippen LogP contribution in [0.4, 0.5) is 0 Å². The molecule has 0 aliphatic rings. The number of nitrogens with one attached hydrogen (secondary N) is 1. The van der Waals surface area contributed by atoms with E-state index in [2.05, 4.69) is 21.2 Å². The summed E-state index contributed by atoms with van der Waals surface area (Å²) in [7, 11) is 0. The molecule has 2 N–H and O–H groups in total. The van der Waals surface area contributed by atoms with Crippen LogP contribution < -0.4 is 5.32 Å². The van der Waals surface area contributed by atoms with E-state index in [-0.39, 0.29) is 11.7 Å². The van der Waals surface area contributed by atoms with Gasteiger partial charge >= 0.3 is 0 Å². The molecule has 0 aromatic heterocycles. The van der Waals surface area contributed by atoms with Crippen LogP contribution in [0.2, 0.25) is 5.02 Å². The van der Waals surface area contributed by atoms with Gasteiger partial charge in [0.15, 0.2) is 0 Å². The summed E-state index contributed by atoms with van der Waals surface area (Å²) in [6.07, 6.45) is 3.43. The summed E-state index contributed by atoms with van der Waals surface area (Å²) in [5.74, 6) is 0.0321. The molecule has 0 atom stereocenters. The van der Waals surface area contributed by atoms with Crippen molar-refractivity contribution >= 4 is 39.5 Å². The fraction of sp³-hybridized carbons (Fsp3) is 0.182. The number of phenols is 1. The van der Waals surface area contributed by atoms with Gasteiger partial charge in [-0.3, -0.25) is 4.79 Å². The van der Waals surface area contributed by atoms with E-state index in [1.165, 1.54) is 6.92 Å². The lowest BCUT2D eigenvalue weighted by Gasteiger charge is -2.03. The number of aromatic hydroxyl groups is 1. The van der Waals surface area contributed by atoms with Gasteiger partial charge in [-0.05, 0) is 28.1 Å². The topological polar surface area (TPSA) is 49.3 Å². The van der Waals surface area contributed by atoms with E-state index in [9.17, 15) is 9.90 Å². The average Bonchev–Trinajstić information content (AvgIpc) is 2.19. The number of hydrogen-bond acceptors (Lipinski definition) is 2. The second-order valence-electron chi connectivity index (χ2n) is 3.16. The van der Waals surface area contributed by atoms with Crippen molar-refractivity contribution in [2.24, 2.45) is 0 Å². The highest BCUT2D eigenvalue weighted by Crippen LogP contribution is 2.32. The molecule has 0 bridgehead atoms. The lowest BCUT2D eigenvalue weighted by atomic mass is 10.2. The summed E-state index contributed by atoms with van der Waals surface area (Å²) in [6, 6.07) is 3.26. The highest BCUT2D eigenvalue weighted by atomic mass is 79.9. The van der Waals surface area contributed by atoms with E-state index in [1.54, 1.807) is 24.3 Å². The molecular formula is C11H11BrClNO2. The molecule has 0 unspecified atom stereocenters. The van der Waals surface area contributed by atoms with Crippen molar-refractivity contribution in [3.8, 4) is 5.75 Å². The predicted octanol–water partition coefficient (Wildman–Crippen LogP) is 2.96. The Kier molecular flexibility index (Phi) is 4.83. The minimum atomic E-state index is -0.0962. The first-order valence-corrected chi connectivity index (χ1v) is 5.77. The predicted molar refractivity (Wildman–Crippen MR) is 68.5 cm³/mol. The average molecular weight is 305 g/mol. The van der Waals surface area contributed by atoms with Gasteiger partial charge in [0.1, 0.15) is 5.75 Å². The van der Waals surface area contributed by atoms with Crippen molar-refractivity contribution in [1.82, 2.24) is 5.32 Å². The zero-order valence-corrected chi connectivity index (χ0v) is 11.0. The summed E-state index contributed by atoms with van der Waals surface area (Å²) in [6.45, 7) is 1.86. The van der Waals surface area contributed by atoms with Crippen LogP contribution >= 0.6 is 27.5 Å². The van der Waals surface area contributed by atoms with Crippen LogP contribution in [-0.4, -0.2) is 17.6 Å². The molecule has 1 amide bonds. The third kappa shape index (κ3) is 3.87. The van der Waals surface area contributed by atoms with Crippen LogP contribution in [-0.2, 0) is 4.79 Å². The summed E-state index contributed by atoms with van der Waals surface area (Å²) < 4.78 is 0.541. The van der Waals surface area contributed by atoms with Gasteiger partial charge in [-0.15, -0.1) is 0 Å². The van der Waals surface area contributed by atoms with Crippen molar-refractivity contribution in [2.45, 2.75) is 6.92 Å². The molecule has 0 spiro atoms. The number of halogens is 2. The van der Waals surface area contributed by atoms with Crippen LogP contribution in [0.1, 0.15) is 12.5 Å². The smallest absolute Gasteiger partial charge is 0.217 e. The standard InChI is InChI=1S/C11H11BrClNO2/c1-7(15)14-4-2-3-8-5-9(13)6-10(12)11(8)16/h2-3,5-6,16H,4H2,1H3,(H,14,15). The number of phenolic OH excluding ortho intramolecular Hbond substituents is 1. The molecule has 0 saturated heterocycles. The molecule has 0 aliphatic carbocycles. The Balaban J connectivity index is 2.77. The Morgan fingerprint density at radius 3 is 2.94 bits per heavy atom. The van der Waals surface area contributed by atoms with Crippen molar-refractivity contribution < 1.29 is 9.90 Å². The van der Waals surface area contributed by atoms with Gasteiger partial charge in [0, 0.05) is 24.1 Å². The van der Waals surface area contributed by atoms with Gasteiger partial charge < -0.3 is 10.4 Å². The maximum absolute atomic E-state index is 10.6. The molecule has 5 heteroatoms. The molecule has 0 fully saturated rings. The van der Waals surface area contributed by atoms with E-state index < -0.39 is 0 Å². The Bertz CT molecular complexity index is 432. The second kappa shape index (κ2) is 5.92. The van der Waals surface area contributed by atoms with Gasteiger partial charge in [-0.25, -0.2) is 0 Å². The van der Waals surface area contributed by atoms with Crippen LogP contribution in [0.25, 0.3) is 6.08 Å². The normalized spacial score (nSPS) is 10.7. The summed E-state index contributed by atoms with van der Waals surface area (Å²) >= 11 is 9.03. The van der Waals surface area contributed by atoms with Crippen molar-refractivity contribution in [3.63, 3.8) is 0 Å². The fourth-order valence-corrected chi connectivity index (χ4v) is 1.94. The third-order valence-corrected chi connectivity index (χ3v) is 2.65. The van der Waals surface area contributed by atoms with Gasteiger partial charge in [0.2, 0.25) is 5.91 Å². The Labute approximate surface area is 107 Å².